The number of carbonyl (C=O) groups is 1. The molecule has 2 rings (SSSR count). The fourth-order valence-corrected chi connectivity index (χ4v) is 3.35. The van der Waals surface area contributed by atoms with Crippen LogP contribution in [0.15, 0.2) is 40.1 Å². The molecule has 0 N–H and O–H groups in total. The molecule has 0 radical (unpaired) electrons. The summed E-state index contributed by atoms with van der Waals surface area (Å²) in [5.74, 6) is 2.10. The number of hydrogen-bond donors (Lipinski definition) is 0. The van der Waals surface area contributed by atoms with Gasteiger partial charge in [-0.3, -0.25) is 4.79 Å². The van der Waals surface area contributed by atoms with Crippen molar-refractivity contribution in [1.29, 1.82) is 0 Å². The van der Waals surface area contributed by atoms with Gasteiger partial charge in [-0.2, -0.15) is 0 Å². The van der Waals surface area contributed by atoms with Gasteiger partial charge in [0.1, 0.15) is 0 Å². The second-order valence-corrected chi connectivity index (χ2v) is 6.30. The van der Waals surface area contributed by atoms with E-state index in [1.54, 1.807) is 34.5 Å². The van der Waals surface area contributed by atoms with E-state index in [-0.39, 0.29) is 12.4 Å². The topological polar surface area (TPSA) is 63.2 Å². The molecule has 2 aromatic carbocycles. The number of benzene rings is 2. The molecule has 0 heterocycles. The monoisotopic (exact) mass is 378 g/mol. The van der Waals surface area contributed by atoms with E-state index in [1.165, 1.54) is 18.9 Å². The molecule has 6 nitrogen and oxygen atoms in total. The SMILES string of the molecule is COC(=O)Cc1cc(OC)c(OC)cc1Sc1ccc(OC)c(OC)c1. The fraction of sp³-hybridized carbons (Fsp3) is 0.316. The molecule has 0 saturated carbocycles. The van der Waals surface area contributed by atoms with Gasteiger partial charge in [-0.25, -0.2) is 0 Å². The number of rotatable bonds is 8. The maximum atomic E-state index is 11.8. The van der Waals surface area contributed by atoms with Gasteiger partial charge in [0.15, 0.2) is 23.0 Å². The Hall–Kier alpha value is -2.54. The minimum atomic E-state index is -0.327. The van der Waals surface area contributed by atoms with Crippen molar-refractivity contribution in [1.82, 2.24) is 0 Å². The first kappa shape index (κ1) is 19.8. The molecule has 0 amide bonds. The van der Waals surface area contributed by atoms with Gasteiger partial charge in [-0.1, -0.05) is 11.8 Å². The number of ether oxygens (including phenoxy) is 5. The molecule has 0 aliphatic rings. The molecule has 7 heteroatoms. The number of carbonyl (C=O) groups excluding carboxylic acids is 1. The van der Waals surface area contributed by atoms with Crippen molar-refractivity contribution in [3.8, 4) is 23.0 Å². The van der Waals surface area contributed by atoms with Crippen LogP contribution in [-0.2, 0) is 16.0 Å². The lowest BCUT2D eigenvalue weighted by Gasteiger charge is -2.15. The van der Waals surface area contributed by atoms with E-state index in [0.717, 1.165) is 15.4 Å². The minimum absolute atomic E-state index is 0.131. The standard InChI is InChI=1S/C19H22O6S/c1-21-14-7-6-13(10-16(14)23-3)26-18-11-17(24-4)15(22-2)8-12(18)9-19(20)25-5/h6-8,10-11H,9H2,1-5H3. The molecule has 0 fully saturated rings. The van der Waals surface area contributed by atoms with Gasteiger partial charge >= 0.3 is 5.97 Å². The summed E-state index contributed by atoms with van der Waals surface area (Å²) in [6, 6.07) is 9.27. The van der Waals surface area contributed by atoms with Gasteiger partial charge in [0.05, 0.1) is 42.0 Å². The van der Waals surface area contributed by atoms with E-state index in [1.807, 2.05) is 24.3 Å². The van der Waals surface area contributed by atoms with Crippen molar-refractivity contribution in [2.45, 2.75) is 16.2 Å². The Morgan fingerprint density at radius 2 is 1.38 bits per heavy atom. The van der Waals surface area contributed by atoms with Gasteiger partial charge in [-0.15, -0.1) is 0 Å². The van der Waals surface area contributed by atoms with E-state index in [9.17, 15) is 4.79 Å². The number of esters is 1. The molecule has 26 heavy (non-hydrogen) atoms. The lowest BCUT2D eigenvalue weighted by molar-refractivity contribution is -0.139. The van der Waals surface area contributed by atoms with E-state index >= 15 is 0 Å². The zero-order chi connectivity index (χ0) is 19.1. The average molecular weight is 378 g/mol. The highest BCUT2D eigenvalue weighted by atomic mass is 32.2. The molecule has 0 atom stereocenters. The van der Waals surface area contributed by atoms with Crippen molar-refractivity contribution in [2.24, 2.45) is 0 Å². The van der Waals surface area contributed by atoms with Gasteiger partial charge in [0.2, 0.25) is 0 Å². The lowest BCUT2D eigenvalue weighted by atomic mass is 10.1. The van der Waals surface area contributed by atoms with E-state index in [0.29, 0.717) is 23.0 Å². The summed E-state index contributed by atoms with van der Waals surface area (Å²) in [5, 5.41) is 0. The molecule has 0 aliphatic heterocycles. The normalized spacial score (nSPS) is 10.2. The molecular weight excluding hydrogens is 356 g/mol. The maximum Gasteiger partial charge on any atom is 0.310 e. The Labute approximate surface area is 157 Å². The van der Waals surface area contributed by atoms with Crippen molar-refractivity contribution in [3.63, 3.8) is 0 Å². The Kier molecular flexibility index (Phi) is 7.03. The smallest absolute Gasteiger partial charge is 0.310 e. The zero-order valence-electron chi connectivity index (χ0n) is 15.5. The Bertz CT molecular complexity index is 775. The Morgan fingerprint density at radius 3 is 1.96 bits per heavy atom. The molecule has 0 bridgehead atoms. The van der Waals surface area contributed by atoms with Gasteiger partial charge in [0, 0.05) is 9.79 Å². The maximum absolute atomic E-state index is 11.8. The van der Waals surface area contributed by atoms with Crippen molar-refractivity contribution in [2.75, 3.05) is 35.5 Å². The second-order valence-electron chi connectivity index (χ2n) is 5.19. The third-order valence-corrected chi connectivity index (χ3v) is 4.80. The largest absolute Gasteiger partial charge is 0.493 e. The van der Waals surface area contributed by atoms with Crippen LogP contribution in [0.3, 0.4) is 0 Å². The minimum Gasteiger partial charge on any atom is -0.493 e. The Balaban J connectivity index is 2.44. The lowest BCUT2D eigenvalue weighted by Crippen LogP contribution is -2.06. The van der Waals surface area contributed by atoms with E-state index < -0.39 is 0 Å². The summed E-state index contributed by atoms with van der Waals surface area (Å²) in [4.78, 5) is 13.6. The molecular formula is C19H22O6S. The van der Waals surface area contributed by atoms with Crippen LogP contribution in [-0.4, -0.2) is 41.5 Å². The third kappa shape index (κ3) is 4.54. The highest BCUT2D eigenvalue weighted by Crippen LogP contribution is 2.41. The number of methoxy groups -OCH3 is 5. The first-order valence-corrected chi connectivity index (χ1v) is 8.59. The van der Waals surface area contributed by atoms with E-state index in [4.69, 9.17) is 23.7 Å². The Morgan fingerprint density at radius 1 is 0.808 bits per heavy atom. The molecule has 0 saturated heterocycles. The van der Waals surface area contributed by atoms with Crippen LogP contribution in [0, 0.1) is 0 Å². The second kappa shape index (κ2) is 9.24. The van der Waals surface area contributed by atoms with Crippen LogP contribution in [0.2, 0.25) is 0 Å². The van der Waals surface area contributed by atoms with Gasteiger partial charge in [-0.05, 0) is 35.9 Å². The molecule has 0 aliphatic carbocycles. The highest BCUT2D eigenvalue weighted by Gasteiger charge is 2.16. The third-order valence-electron chi connectivity index (χ3n) is 3.71. The highest BCUT2D eigenvalue weighted by molar-refractivity contribution is 7.99. The van der Waals surface area contributed by atoms with Crippen LogP contribution in [0.25, 0.3) is 0 Å². The first-order valence-electron chi connectivity index (χ1n) is 7.77. The average Bonchev–Trinajstić information content (AvgIpc) is 2.68. The molecule has 0 unspecified atom stereocenters. The molecule has 140 valence electrons. The number of hydrogen-bond acceptors (Lipinski definition) is 7. The van der Waals surface area contributed by atoms with E-state index in [2.05, 4.69) is 0 Å². The summed E-state index contributed by atoms with van der Waals surface area (Å²) in [5.41, 5.74) is 0.786. The van der Waals surface area contributed by atoms with Gasteiger partial charge in [0.25, 0.3) is 0 Å². The summed E-state index contributed by atoms with van der Waals surface area (Å²) >= 11 is 1.49. The molecule has 2 aromatic rings. The van der Waals surface area contributed by atoms with Crippen LogP contribution in [0.5, 0.6) is 23.0 Å². The van der Waals surface area contributed by atoms with Crippen LogP contribution in [0.1, 0.15) is 5.56 Å². The summed E-state index contributed by atoms with van der Waals surface area (Å²) in [6.45, 7) is 0. The fourth-order valence-electron chi connectivity index (χ4n) is 2.37. The van der Waals surface area contributed by atoms with Crippen LogP contribution in [0.4, 0.5) is 0 Å². The summed E-state index contributed by atoms with van der Waals surface area (Å²) in [6.07, 6.45) is 0.131. The van der Waals surface area contributed by atoms with Crippen molar-refractivity contribution >= 4 is 17.7 Å². The predicted molar refractivity (Wildman–Crippen MR) is 98.9 cm³/mol. The van der Waals surface area contributed by atoms with Crippen molar-refractivity contribution < 1.29 is 28.5 Å². The molecule has 0 aromatic heterocycles. The summed E-state index contributed by atoms with van der Waals surface area (Å²) < 4.78 is 26.1. The van der Waals surface area contributed by atoms with Crippen molar-refractivity contribution in [3.05, 3.63) is 35.9 Å². The molecule has 0 spiro atoms. The van der Waals surface area contributed by atoms with Crippen LogP contribution < -0.4 is 18.9 Å². The first-order chi connectivity index (χ1) is 12.6. The van der Waals surface area contributed by atoms with Crippen LogP contribution >= 0.6 is 11.8 Å². The van der Waals surface area contributed by atoms with Gasteiger partial charge < -0.3 is 23.7 Å². The zero-order valence-corrected chi connectivity index (χ0v) is 16.3. The predicted octanol–water partition coefficient (Wildman–Crippen LogP) is 3.59. The summed E-state index contributed by atoms with van der Waals surface area (Å²) in [7, 11) is 7.67. The quantitative estimate of drug-likeness (QED) is 0.651.